The van der Waals surface area contributed by atoms with E-state index in [1.165, 1.54) is 0 Å². The quantitative estimate of drug-likeness (QED) is 0.769. The monoisotopic (exact) mass is 357 g/mol. The molecule has 1 aromatic rings. The van der Waals surface area contributed by atoms with Gasteiger partial charge in [0.15, 0.2) is 0 Å². The van der Waals surface area contributed by atoms with Crippen LogP contribution in [0, 0.1) is 11.3 Å². The minimum absolute atomic E-state index is 0.0642. The lowest BCUT2D eigenvalue weighted by Crippen LogP contribution is -2.38. The molecular formula is C20H27N3O3. The largest absolute Gasteiger partial charge is 0.381 e. The average Bonchev–Trinajstić information content (AvgIpc) is 3.36. The lowest BCUT2D eigenvalue weighted by atomic mass is 9.92. The van der Waals surface area contributed by atoms with E-state index in [1.54, 1.807) is 12.1 Å². The molecule has 26 heavy (non-hydrogen) atoms. The van der Waals surface area contributed by atoms with E-state index in [-0.39, 0.29) is 29.2 Å². The van der Waals surface area contributed by atoms with Crippen LogP contribution in [0.4, 0.5) is 5.69 Å². The van der Waals surface area contributed by atoms with E-state index in [1.807, 2.05) is 12.1 Å². The van der Waals surface area contributed by atoms with Crippen LogP contribution in [-0.4, -0.2) is 44.2 Å². The van der Waals surface area contributed by atoms with Crippen LogP contribution in [0.1, 0.15) is 42.5 Å². The fourth-order valence-electron chi connectivity index (χ4n) is 4.24. The van der Waals surface area contributed by atoms with Gasteiger partial charge in [-0.05, 0) is 74.9 Å². The average molecular weight is 357 g/mol. The van der Waals surface area contributed by atoms with Crippen LogP contribution in [0.15, 0.2) is 24.3 Å². The molecule has 6 heteroatoms. The lowest BCUT2D eigenvalue weighted by Gasteiger charge is -2.23. The maximum atomic E-state index is 12.5. The number of piperidine rings is 1. The van der Waals surface area contributed by atoms with Crippen molar-refractivity contribution in [3.63, 3.8) is 0 Å². The van der Waals surface area contributed by atoms with E-state index in [9.17, 15) is 9.59 Å². The minimum atomic E-state index is -0.0642. The third-order valence-electron chi connectivity index (χ3n) is 6.08. The van der Waals surface area contributed by atoms with Crippen LogP contribution >= 0.6 is 0 Å². The van der Waals surface area contributed by atoms with E-state index in [0.29, 0.717) is 18.8 Å². The molecule has 1 aromatic carbocycles. The van der Waals surface area contributed by atoms with Gasteiger partial charge in [-0.1, -0.05) is 0 Å². The van der Waals surface area contributed by atoms with Crippen molar-refractivity contribution >= 4 is 17.5 Å². The smallest absolute Gasteiger partial charge is 0.251 e. The van der Waals surface area contributed by atoms with Gasteiger partial charge in [0, 0.05) is 36.4 Å². The summed E-state index contributed by atoms with van der Waals surface area (Å²) in [5, 5.41) is 9.42. The summed E-state index contributed by atoms with van der Waals surface area (Å²) in [6, 6.07) is 7.36. The summed E-state index contributed by atoms with van der Waals surface area (Å²) in [4.78, 5) is 24.8. The molecule has 1 aliphatic carbocycles. The third kappa shape index (κ3) is 3.76. The summed E-state index contributed by atoms with van der Waals surface area (Å²) in [7, 11) is 0. The Morgan fingerprint density at radius 2 is 1.77 bits per heavy atom. The second-order valence-corrected chi connectivity index (χ2v) is 7.80. The van der Waals surface area contributed by atoms with Crippen LogP contribution in [0.3, 0.4) is 0 Å². The molecule has 4 rings (SSSR count). The summed E-state index contributed by atoms with van der Waals surface area (Å²) in [5.41, 5.74) is 1.61. The van der Waals surface area contributed by atoms with Gasteiger partial charge < -0.3 is 20.7 Å². The molecule has 2 heterocycles. The molecule has 0 bridgehead atoms. The number of amides is 2. The molecule has 1 saturated carbocycles. The van der Waals surface area contributed by atoms with Crippen molar-refractivity contribution in [3.05, 3.63) is 29.8 Å². The third-order valence-corrected chi connectivity index (χ3v) is 6.08. The van der Waals surface area contributed by atoms with Crippen LogP contribution in [0.5, 0.6) is 0 Å². The van der Waals surface area contributed by atoms with Gasteiger partial charge in [0.2, 0.25) is 5.91 Å². The Morgan fingerprint density at radius 1 is 1.08 bits per heavy atom. The first kappa shape index (κ1) is 17.5. The number of hydrogen-bond acceptors (Lipinski definition) is 4. The normalized spacial score (nSPS) is 24.8. The molecule has 0 aromatic heterocycles. The van der Waals surface area contributed by atoms with Crippen molar-refractivity contribution in [2.75, 3.05) is 31.6 Å². The highest BCUT2D eigenvalue weighted by molar-refractivity contribution is 5.97. The maximum absolute atomic E-state index is 12.5. The second-order valence-electron chi connectivity index (χ2n) is 7.80. The summed E-state index contributed by atoms with van der Waals surface area (Å²) in [5.74, 6) is 0.193. The molecular weight excluding hydrogens is 330 g/mol. The van der Waals surface area contributed by atoms with E-state index in [0.717, 1.165) is 50.9 Å². The highest BCUT2D eigenvalue weighted by Gasteiger charge is 2.57. The number of nitrogens with one attached hydrogen (secondary N) is 3. The number of ether oxygens (including phenoxy) is 1. The van der Waals surface area contributed by atoms with Crippen LogP contribution in [-0.2, 0) is 9.53 Å². The fourth-order valence-corrected chi connectivity index (χ4v) is 4.24. The highest BCUT2D eigenvalue weighted by atomic mass is 16.5. The molecule has 1 atom stereocenters. The van der Waals surface area contributed by atoms with Crippen LogP contribution in [0.25, 0.3) is 0 Å². The van der Waals surface area contributed by atoms with E-state index < -0.39 is 0 Å². The molecule has 0 radical (unpaired) electrons. The molecule has 2 amide bonds. The van der Waals surface area contributed by atoms with Crippen molar-refractivity contribution in [2.24, 2.45) is 11.3 Å². The zero-order chi connectivity index (χ0) is 18.0. The predicted octanol–water partition coefficient (Wildman–Crippen LogP) is 1.92. The lowest BCUT2D eigenvalue weighted by molar-refractivity contribution is -0.118. The van der Waals surface area contributed by atoms with Gasteiger partial charge >= 0.3 is 0 Å². The van der Waals surface area contributed by atoms with E-state index in [2.05, 4.69) is 16.0 Å². The Balaban J connectivity index is 1.30. The fraction of sp³-hybridized carbons (Fsp3) is 0.600. The first-order chi connectivity index (χ1) is 12.7. The van der Waals surface area contributed by atoms with Crippen molar-refractivity contribution in [2.45, 2.75) is 38.1 Å². The molecule has 3 aliphatic rings. The zero-order valence-corrected chi connectivity index (χ0v) is 15.1. The number of benzene rings is 1. The SMILES string of the molecule is O=C(NC1CCOCC1)c1ccc(NC(=O)C2CC23CCNCC3)cc1. The van der Waals surface area contributed by atoms with Crippen LogP contribution < -0.4 is 16.0 Å². The summed E-state index contributed by atoms with van der Waals surface area (Å²) in [6.45, 7) is 3.44. The van der Waals surface area contributed by atoms with E-state index in [4.69, 9.17) is 4.74 Å². The van der Waals surface area contributed by atoms with Gasteiger partial charge in [0.05, 0.1) is 0 Å². The van der Waals surface area contributed by atoms with E-state index >= 15 is 0 Å². The highest BCUT2D eigenvalue weighted by Crippen LogP contribution is 2.58. The first-order valence-electron chi connectivity index (χ1n) is 9.67. The van der Waals surface area contributed by atoms with Gasteiger partial charge in [-0.2, -0.15) is 0 Å². The molecule has 140 valence electrons. The Bertz CT molecular complexity index is 661. The van der Waals surface area contributed by atoms with Crippen molar-refractivity contribution in [3.8, 4) is 0 Å². The van der Waals surface area contributed by atoms with Crippen LogP contribution in [0.2, 0.25) is 0 Å². The van der Waals surface area contributed by atoms with Crippen molar-refractivity contribution < 1.29 is 14.3 Å². The van der Waals surface area contributed by atoms with Crippen molar-refractivity contribution in [1.29, 1.82) is 0 Å². The van der Waals surface area contributed by atoms with Crippen molar-refractivity contribution in [1.82, 2.24) is 10.6 Å². The number of carbonyl (C=O) groups excluding carboxylic acids is 2. The molecule has 6 nitrogen and oxygen atoms in total. The molecule has 3 fully saturated rings. The molecule has 2 saturated heterocycles. The summed E-state index contributed by atoms with van der Waals surface area (Å²) < 4.78 is 5.31. The number of carbonyl (C=O) groups is 2. The first-order valence-corrected chi connectivity index (χ1v) is 9.67. The molecule has 3 N–H and O–H groups in total. The Hall–Kier alpha value is -1.92. The molecule has 1 unspecified atom stereocenters. The predicted molar refractivity (Wildman–Crippen MR) is 99.0 cm³/mol. The number of anilines is 1. The van der Waals surface area contributed by atoms with Gasteiger partial charge in [-0.15, -0.1) is 0 Å². The number of hydrogen-bond donors (Lipinski definition) is 3. The zero-order valence-electron chi connectivity index (χ0n) is 15.1. The van der Waals surface area contributed by atoms with Gasteiger partial charge in [0.25, 0.3) is 5.91 Å². The van der Waals surface area contributed by atoms with Gasteiger partial charge in [-0.25, -0.2) is 0 Å². The molecule has 2 aliphatic heterocycles. The Kier molecular flexibility index (Phi) is 4.96. The topological polar surface area (TPSA) is 79.5 Å². The Morgan fingerprint density at radius 3 is 2.46 bits per heavy atom. The molecule has 1 spiro atoms. The second kappa shape index (κ2) is 7.37. The standard InChI is InChI=1S/C20H27N3O3/c24-18(22-16-5-11-26-12-6-16)14-1-3-15(4-2-14)23-19(25)17-13-20(17)7-9-21-10-8-20/h1-4,16-17,21H,5-13H2,(H,22,24)(H,23,25). The number of rotatable bonds is 4. The summed E-state index contributed by atoms with van der Waals surface area (Å²) >= 11 is 0. The van der Waals surface area contributed by atoms with Gasteiger partial charge in [0.1, 0.15) is 0 Å². The van der Waals surface area contributed by atoms with Gasteiger partial charge in [-0.3, -0.25) is 9.59 Å². The Labute approximate surface area is 154 Å². The maximum Gasteiger partial charge on any atom is 0.251 e. The summed E-state index contributed by atoms with van der Waals surface area (Å²) in [6.07, 6.45) is 4.91. The minimum Gasteiger partial charge on any atom is -0.381 e.